The fourth-order valence-corrected chi connectivity index (χ4v) is 4.17. The van der Waals surface area contributed by atoms with Crippen LogP contribution in [0.3, 0.4) is 0 Å². The molecule has 0 radical (unpaired) electrons. The van der Waals surface area contributed by atoms with Crippen molar-refractivity contribution in [3.63, 3.8) is 0 Å². The average Bonchev–Trinajstić information content (AvgIpc) is 3.26. The molecule has 2 fully saturated rings. The number of Topliss-reactive ketones (excluding diaryl/α,β-unsaturated/α-hetero) is 2. The summed E-state index contributed by atoms with van der Waals surface area (Å²) >= 11 is 0. The maximum atomic E-state index is 12.2. The highest BCUT2D eigenvalue weighted by Crippen LogP contribution is 2.47. The van der Waals surface area contributed by atoms with Crippen LogP contribution in [0.25, 0.3) is 0 Å². The van der Waals surface area contributed by atoms with Crippen molar-refractivity contribution in [3.8, 4) is 5.88 Å². The molecule has 160 valence electrons. The van der Waals surface area contributed by atoms with E-state index in [9.17, 15) is 19.5 Å². The number of aromatic carboxylic acids is 1. The van der Waals surface area contributed by atoms with Crippen LogP contribution >= 0.6 is 0 Å². The van der Waals surface area contributed by atoms with Crippen LogP contribution in [-0.4, -0.2) is 66.0 Å². The van der Waals surface area contributed by atoms with Crippen molar-refractivity contribution in [2.45, 2.75) is 51.0 Å². The predicted octanol–water partition coefficient (Wildman–Crippen LogP) is 2.05. The van der Waals surface area contributed by atoms with E-state index in [1.807, 2.05) is 0 Å². The van der Waals surface area contributed by atoms with E-state index in [0.29, 0.717) is 71.4 Å². The third-order valence-corrected chi connectivity index (χ3v) is 5.86. The first-order chi connectivity index (χ1) is 14.0. The first kappa shape index (κ1) is 21.4. The number of methoxy groups -OCH3 is 1. The number of carbonyl (C=O) groups is 3. The Labute approximate surface area is 169 Å². The second-order valence-corrected chi connectivity index (χ2v) is 7.60. The minimum Gasteiger partial charge on any atom is -0.477 e. The summed E-state index contributed by atoms with van der Waals surface area (Å²) in [6.45, 7) is 1.80. The quantitative estimate of drug-likeness (QED) is 0.462. The Kier molecular flexibility index (Phi) is 7.02. The summed E-state index contributed by atoms with van der Waals surface area (Å²) in [5.74, 6) is -0.896. The monoisotopic (exact) mass is 408 g/mol. The van der Waals surface area contributed by atoms with Gasteiger partial charge in [0.2, 0.25) is 5.88 Å². The smallest absolute Gasteiger partial charge is 0.342 e. The largest absolute Gasteiger partial charge is 0.477 e. The van der Waals surface area contributed by atoms with Gasteiger partial charge < -0.3 is 19.3 Å². The summed E-state index contributed by atoms with van der Waals surface area (Å²) in [6.07, 6.45) is 5.03. The molecule has 0 saturated heterocycles. The topological polar surface area (TPSA) is 117 Å². The highest BCUT2D eigenvalue weighted by atomic mass is 16.5. The third kappa shape index (κ3) is 4.67. The van der Waals surface area contributed by atoms with Crippen molar-refractivity contribution in [2.75, 3.05) is 33.5 Å². The number of nitrogens with zero attached hydrogens (tertiary/aromatic N) is 2. The van der Waals surface area contributed by atoms with Gasteiger partial charge in [0, 0.05) is 39.2 Å². The molecule has 9 nitrogen and oxygen atoms in total. The van der Waals surface area contributed by atoms with Gasteiger partial charge in [-0.15, -0.1) is 5.10 Å². The molecule has 2 aliphatic rings. The van der Waals surface area contributed by atoms with Crippen LogP contribution in [-0.2, 0) is 19.1 Å². The second kappa shape index (κ2) is 9.49. The zero-order valence-corrected chi connectivity index (χ0v) is 16.7. The van der Waals surface area contributed by atoms with Gasteiger partial charge in [0.25, 0.3) is 0 Å². The molecule has 29 heavy (non-hydrogen) atoms. The van der Waals surface area contributed by atoms with E-state index in [0.717, 1.165) is 0 Å². The molecule has 1 heterocycles. The van der Waals surface area contributed by atoms with Crippen molar-refractivity contribution in [3.05, 3.63) is 11.8 Å². The maximum Gasteiger partial charge on any atom is 0.342 e. The molecule has 2 saturated carbocycles. The lowest BCUT2D eigenvalue weighted by Crippen LogP contribution is -2.37. The van der Waals surface area contributed by atoms with Crippen molar-refractivity contribution in [2.24, 2.45) is 5.41 Å². The summed E-state index contributed by atoms with van der Waals surface area (Å²) in [5.41, 5.74) is -0.792. The van der Waals surface area contributed by atoms with Gasteiger partial charge in [0.1, 0.15) is 17.1 Å². The van der Waals surface area contributed by atoms with Crippen molar-refractivity contribution >= 4 is 17.5 Å². The van der Waals surface area contributed by atoms with Crippen LogP contribution in [0.2, 0.25) is 0 Å². The lowest BCUT2D eigenvalue weighted by Gasteiger charge is -2.34. The molecule has 2 aliphatic carbocycles. The molecule has 0 atom stereocenters. The average molecular weight is 408 g/mol. The van der Waals surface area contributed by atoms with Gasteiger partial charge in [-0.3, -0.25) is 14.3 Å². The number of rotatable bonds is 10. The van der Waals surface area contributed by atoms with Crippen LogP contribution in [0.5, 0.6) is 5.88 Å². The molecule has 1 aromatic rings. The van der Waals surface area contributed by atoms with E-state index in [4.69, 9.17) is 14.2 Å². The van der Waals surface area contributed by atoms with E-state index < -0.39 is 11.4 Å². The first-order valence-electron chi connectivity index (χ1n) is 10.1. The Morgan fingerprint density at radius 1 is 1.17 bits per heavy atom. The Bertz CT molecular complexity index is 732. The number of carboxylic acid groups (broad SMARTS) is 1. The van der Waals surface area contributed by atoms with Gasteiger partial charge >= 0.3 is 5.97 Å². The minimum absolute atomic E-state index is 0.0126. The minimum atomic E-state index is -1.10. The molecule has 1 aromatic heterocycles. The van der Waals surface area contributed by atoms with Gasteiger partial charge in [0.15, 0.2) is 0 Å². The molecule has 0 amide bonds. The summed E-state index contributed by atoms with van der Waals surface area (Å²) in [4.78, 5) is 36.0. The molecule has 3 rings (SSSR count). The van der Waals surface area contributed by atoms with E-state index in [2.05, 4.69) is 5.10 Å². The van der Waals surface area contributed by atoms with Gasteiger partial charge in [-0.2, -0.15) is 0 Å². The molecular formula is C20H28N2O7. The van der Waals surface area contributed by atoms with Crippen LogP contribution in [0.4, 0.5) is 0 Å². The Balaban J connectivity index is 1.57. The highest BCUT2D eigenvalue weighted by molar-refractivity contribution is 6.12. The van der Waals surface area contributed by atoms with Crippen LogP contribution in [0.1, 0.15) is 61.3 Å². The van der Waals surface area contributed by atoms with E-state index in [1.165, 1.54) is 6.20 Å². The number of ether oxygens (including phenoxy) is 3. The van der Waals surface area contributed by atoms with Gasteiger partial charge in [-0.25, -0.2) is 4.79 Å². The van der Waals surface area contributed by atoms with Crippen LogP contribution in [0.15, 0.2) is 6.20 Å². The summed E-state index contributed by atoms with van der Waals surface area (Å²) in [6, 6.07) is -0.0466. The van der Waals surface area contributed by atoms with Gasteiger partial charge in [-0.05, 0) is 25.7 Å². The number of ketones is 2. The predicted molar refractivity (Wildman–Crippen MR) is 101 cm³/mol. The Morgan fingerprint density at radius 3 is 2.48 bits per heavy atom. The number of carboxylic acids is 1. The number of carbonyl (C=O) groups excluding carboxylic acids is 2. The molecule has 0 aliphatic heterocycles. The molecule has 0 aromatic carbocycles. The fourth-order valence-electron chi connectivity index (χ4n) is 4.17. The molecule has 1 spiro atoms. The molecule has 9 heteroatoms. The van der Waals surface area contributed by atoms with Crippen molar-refractivity contribution in [1.82, 2.24) is 9.78 Å². The number of aromatic nitrogens is 2. The zero-order valence-electron chi connectivity index (χ0n) is 16.7. The molecule has 0 bridgehead atoms. The molecular weight excluding hydrogens is 380 g/mol. The SMILES string of the molecule is COCCOCCCOc1nn(C2CCC3(CC2)C(=O)CCC3=O)cc1C(=O)O. The molecule has 0 unspecified atom stereocenters. The summed E-state index contributed by atoms with van der Waals surface area (Å²) in [7, 11) is 1.60. The Morgan fingerprint density at radius 2 is 1.86 bits per heavy atom. The first-order valence-corrected chi connectivity index (χ1v) is 10.1. The van der Waals surface area contributed by atoms with Crippen LogP contribution in [0, 0.1) is 5.41 Å². The van der Waals surface area contributed by atoms with Gasteiger partial charge in [-0.1, -0.05) is 0 Å². The van der Waals surface area contributed by atoms with E-state index >= 15 is 0 Å². The fraction of sp³-hybridized carbons (Fsp3) is 0.700. The van der Waals surface area contributed by atoms with Crippen LogP contribution < -0.4 is 4.74 Å². The normalized spacial score (nSPS) is 19.2. The lowest BCUT2D eigenvalue weighted by molar-refractivity contribution is -0.137. The number of hydrogen-bond donors (Lipinski definition) is 1. The lowest BCUT2D eigenvalue weighted by atomic mass is 9.70. The molecule has 1 N–H and O–H groups in total. The third-order valence-electron chi connectivity index (χ3n) is 5.86. The summed E-state index contributed by atoms with van der Waals surface area (Å²) < 4.78 is 17.4. The van der Waals surface area contributed by atoms with E-state index in [-0.39, 0.29) is 29.1 Å². The zero-order chi connectivity index (χ0) is 20.9. The van der Waals surface area contributed by atoms with Crippen molar-refractivity contribution < 1.29 is 33.7 Å². The van der Waals surface area contributed by atoms with Gasteiger partial charge in [0.05, 0.1) is 31.3 Å². The second-order valence-electron chi connectivity index (χ2n) is 7.60. The maximum absolute atomic E-state index is 12.2. The summed E-state index contributed by atoms with van der Waals surface area (Å²) in [5, 5.41) is 13.8. The van der Waals surface area contributed by atoms with Crippen molar-refractivity contribution in [1.29, 1.82) is 0 Å². The number of hydrogen-bond acceptors (Lipinski definition) is 7. The standard InChI is InChI=1S/C20H28N2O7/c1-27-11-12-28-9-2-10-29-18-15(19(25)26)13-22(21-18)14-5-7-20(8-6-14)16(23)3-4-17(20)24/h13-14H,2-12H2,1H3,(H,25,26). The highest BCUT2D eigenvalue weighted by Gasteiger charge is 2.51. The van der Waals surface area contributed by atoms with E-state index in [1.54, 1.807) is 11.8 Å². The Hall–Kier alpha value is -2.26.